The molecule has 8 nitrogen and oxygen atoms in total. The first-order chi connectivity index (χ1) is 10.6. The Hall–Kier alpha value is -2.77. The summed E-state index contributed by atoms with van der Waals surface area (Å²) in [6.45, 7) is 1.87. The van der Waals surface area contributed by atoms with Crippen LogP contribution in [0, 0.1) is 0 Å². The van der Waals surface area contributed by atoms with Crippen LogP contribution in [0.3, 0.4) is 0 Å². The van der Waals surface area contributed by atoms with Gasteiger partial charge in [-0.15, -0.1) is 0 Å². The molecule has 0 saturated carbocycles. The molecule has 118 valence electrons. The van der Waals surface area contributed by atoms with Crippen LogP contribution in [0.2, 0.25) is 0 Å². The molecule has 8 heteroatoms. The van der Waals surface area contributed by atoms with Gasteiger partial charge in [-0.05, 0) is 19.1 Å². The number of hydrazine groups is 1. The largest absolute Gasteiger partial charge is 0.491 e. The van der Waals surface area contributed by atoms with Crippen molar-refractivity contribution in [2.24, 2.45) is 0 Å². The van der Waals surface area contributed by atoms with Crippen LogP contribution in [0.1, 0.15) is 13.3 Å². The topological polar surface area (TPSA) is 97.0 Å². The molecule has 1 aromatic carbocycles. The standard InChI is InChI=1S/C14H17N3O5/c1-2-21-14(20)16-15-12(18)9-17-10-5-3-4-6-11(10)22-8-7-13(17)19/h3-6H,2,7-9H2,1H3,(H,15,18)(H,16,20). The SMILES string of the molecule is CCOC(=O)NNC(=O)CN1C(=O)CCOc2ccccc21. The lowest BCUT2D eigenvalue weighted by Crippen LogP contribution is -2.47. The Balaban J connectivity index is 2.02. The maximum Gasteiger partial charge on any atom is 0.426 e. The first kappa shape index (κ1) is 15.6. The van der Waals surface area contributed by atoms with Gasteiger partial charge in [0.15, 0.2) is 0 Å². The minimum Gasteiger partial charge on any atom is -0.491 e. The molecule has 1 aliphatic heterocycles. The highest BCUT2D eigenvalue weighted by Crippen LogP contribution is 2.30. The quantitative estimate of drug-likeness (QED) is 0.796. The van der Waals surface area contributed by atoms with Crippen molar-refractivity contribution < 1.29 is 23.9 Å². The summed E-state index contributed by atoms with van der Waals surface area (Å²) < 4.78 is 10.1. The minimum atomic E-state index is -0.762. The number of ether oxygens (including phenoxy) is 2. The minimum absolute atomic E-state index is 0.174. The zero-order chi connectivity index (χ0) is 15.9. The Labute approximate surface area is 127 Å². The predicted octanol–water partition coefficient (Wildman–Crippen LogP) is 0.579. The average Bonchev–Trinajstić information content (AvgIpc) is 2.66. The molecule has 0 unspecified atom stereocenters. The highest BCUT2D eigenvalue weighted by Gasteiger charge is 2.25. The molecule has 2 rings (SSSR count). The molecular formula is C14H17N3O5. The Kier molecular flexibility index (Phi) is 5.18. The average molecular weight is 307 g/mol. The van der Waals surface area contributed by atoms with E-state index in [1.165, 1.54) is 4.90 Å². The summed E-state index contributed by atoms with van der Waals surface area (Å²) in [4.78, 5) is 36.4. The summed E-state index contributed by atoms with van der Waals surface area (Å²) in [7, 11) is 0. The molecule has 0 aromatic heterocycles. The van der Waals surface area contributed by atoms with Gasteiger partial charge in [0.2, 0.25) is 5.91 Å². The van der Waals surface area contributed by atoms with E-state index in [9.17, 15) is 14.4 Å². The lowest BCUT2D eigenvalue weighted by Gasteiger charge is -2.21. The number of anilines is 1. The first-order valence-electron chi connectivity index (χ1n) is 6.85. The molecule has 22 heavy (non-hydrogen) atoms. The van der Waals surface area contributed by atoms with E-state index in [2.05, 4.69) is 15.6 Å². The summed E-state index contributed by atoms with van der Waals surface area (Å²) in [5.41, 5.74) is 4.81. The van der Waals surface area contributed by atoms with Crippen molar-refractivity contribution in [3.63, 3.8) is 0 Å². The summed E-state index contributed by atoms with van der Waals surface area (Å²) >= 11 is 0. The van der Waals surface area contributed by atoms with E-state index >= 15 is 0 Å². The number of hydrogen-bond donors (Lipinski definition) is 2. The second-order valence-electron chi connectivity index (χ2n) is 4.44. The molecule has 3 amide bonds. The van der Waals surface area contributed by atoms with Crippen LogP contribution in [0.5, 0.6) is 5.75 Å². The molecule has 0 radical (unpaired) electrons. The highest BCUT2D eigenvalue weighted by molar-refractivity contribution is 6.00. The van der Waals surface area contributed by atoms with Crippen molar-refractivity contribution in [2.45, 2.75) is 13.3 Å². The number of amides is 3. The van der Waals surface area contributed by atoms with Gasteiger partial charge in [-0.25, -0.2) is 10.2 Å². The van der Waals surface area contributed by atoms with Crippen LogP contribution in [0.4, 0.5) is 10.5 Å². The lowest BCUT2D eigenvalue weighted by molar-refractivity contribution is -0.124. The van der Waals surface area contributed by atoms with E-state index in [1.54, 1.807) is 31.2 Å². The predicted molar refractivity (Wildman–Crippen MR) is 77.2 cm³/mol. The summed E-state index contributed by atoms with van der Waals surface area (Å²) in [5, 5.41) is 0. The van der Waals surface area contributed by atoms with Gasteiger partial charge < -0.3 is 9.47 Å². The fourth-order valence-electron chi connectivity index (χ4n) is 1.96. The molecule has 0 spiro atoms. The molecule has 2 N–H and O–H groups in total. The number of rotatable bonds is 3. The molecule has 0 saturated heterocycles. The van der Waals surface area contributed by atoms with Gasteiger partial charge in [-0.2, -0.15) is 0 Å². The third-order valence-electron chi connectivity index (χ3n) is 2.91. The smallest absolute Gasteiger partial charge is 0.426 e. The van der Waals surface area contributed by atoms with Gasteiger partial charge in [-0.3, -0.25) is 19.9 Å². The Morgan fingerprint density at radius 2 is 2.09 bits per heavy atom. The maximum absolute atomic E-state index is 12.1. The zero-order valence-electron chi connectivity index (χ0n) is 12.1. The number of carbonyl (C=O) groups excluding carboxylic acids is 3. The van der Waals surface area contributed by atoms with Gasteiger partial charge in [0, 0.05) is 0 Å². The molecular weight excluding hydrogens is 290 g/mol. The normalized spacial score (nSPS) is 13.5. The molecule has 0 aliphatic carbocycles. The second-order valence-corrected chi connectivity index (χ2v) is 4.44. The van der Waals surface area contributed by atoms with E-state index in [4.69, 9.17) is 4.74 Å². The van der Waals surface area contributed by atoms with Crippen LogP contribution in [-0.2, 0) is 14.3 Å². The number of fused-ring (bicyclic) bond motifs is 1. The van der Waals surface area contributed by atoms with Crippen LogP contribution in [0.15, 0.2) is 24.3 Å². The van der Waals surface area contributed by atoms with Gasteiger partial charge in [0.05, 0.1) is 25.3 Å². The number of para-hydroxylation sites is 2. The molecule has 0 fully saturated rings. The Morgan fingerprint density at radius 1 is 1.32 bits per heavy atom. The van der Waals surface area contributed by atoms with Gasteiger partial charge in [0.1, 0.15) is 12.3 Å². The fourth-order valence-corrected chi connectivity index (χ4v) is 1.96. The highest BCUT2D eigenvalue weighted by atomic mass is 16.6. The summed E-state index contributed by atoms with van der Waals surface area (Å²) in [6, 6.07) is 6.97. The van der Waals surface area contributed by atoms with E-state index < -0.39 is 12.0 Å². The van der Waals surface area contributed by atoms with Crippen LogP contribution in [-0.4, -0.2) is 37.7 Å². The maximum atomic E-state index is 12.1. The first-order valence-corrected chi connectivity index (χ1v) is 6.85. The Bertz CT molecular complexity index is 575. The lowest BCUT2D eigenvalue weighted by atomic mass is 10.2. The van der Waals surface area contributed by atoms with Crippen LogP contribution in [0.25, 0.3) is 0 Å². The van der Waals surface area contributed by atoms with E-state index in [-0.39, 0.29) is 32.1 Å². The fraction of sp³-hybridized carbons (Fsp3) is 0.357. The molecule has 1 heterocycles. The Morgan fingerprint density at radius 3 is 2.86 bits per heavy atom. The number of hydrogen-bond acceptors (Lipinski definition) is 5. The van der Waals surface area contributed by atoms with Crippen molar-refractivity contribution in [3.05, 3.63) is 24.3 Å². The van der Waals surface area contributed by atoms with Crippen LogP contribution >= 0.6 is 0 Å². The summed E-state index contributed by atoms with van der Waals surface area (Å²) in [5.74, 6) is -0.228. The number of carbonyl (C=O) groups is 3. The number of benzene rings is 1. The zero-order valence-corrected chi connectivity index (χ0v) is 12.1. The summed E-state index contributed by atoms with van der Waals surface area (Å²) in [6.07, 6.45) is -0.588. The third kappa shape index (κ3) is 3.87. The molecule has 0 atom stereocenters. The van der Waals surface area contributed by atoms with Gasteiger partial charge >= 0.3 is 6.09 Å². The molecule has 0 bridgehead atoms. The number of nitrogens with zero attached hydrogens (tertiary/aromatic N) is 1. The van der Waals surface area contributed by atoms with Gasteiger partial charge in [-0.1, -0.05) is 12.1 Å². The molecule has 1 aliphatic rings. The third-order valence-corrected chi connectivity index (χ3v) is 2.91. The van der Waals surface area contributed by atoms with Crippen molar-refractivity contribution in [2.75, 3.05) is 24.7 Å². The van der Waals surface area contributed by atoms with Gasteiger partial charge in [0.25, 0.3) is 5.91 Å². The van der Waals surface area contributed by atoms with E-state index in [0.29, 0.717) is 11.4 Å². The van der Waals surface area contributed by atoms with Crippen molar-refractivity contribution in [1.29, 1.82) is 0 Å². The second kappa shape index (κ2) is 7.30. The number of nitrogens with one attached hydrogen (secondary N) is 2. The van der Waals surface area contributed by atoms with Crippen molar-refractivity contribution >= 4 is 23.6 Å². The van der Waals surface area contributed by atoms with E-state index in [1.807, 2.05) is 0 Å². The van der Waals surface area contributed by atoms with Crippen molar-refractivity contribution in [3.8, 4) is 5.75 Å². The molecule has 1 aromatic rings. The van der Waals surface area contributed by atoms with Crippen LogP contribution < -0.4 is 20.5 Å². The monoisotopic (exact) mass is 307 g/mol. The van der Waals surface area contributed by atoms with E-state index in [0.717, 1.165) is 0 Å². The van der Waals surface area contributed by atoms with Crippen molar-refractivity contribution in [1.82, 2.24) is 10.9 Å².